The van der Waals surface area contributed by atoms with Crippen LogP contribution in [0.3, 0.4) is 0 Å². The zero-order valence-electron chi connectivity index (χ0n) is 13.4. The number of benzene rings is 2. The molecule has 0 bridgehead atoms. The van der Waals surface area contributed by atoms with E-state index < -0.39 is 0 Å². The Labute approximate surface area is 136 Å². The Hall–Kier alpha value is -2.42. The van der Waals surface area contributed by atoms with Gasteiger partial charge in [0.25, 0.3) is 0 Å². The maximum atomic E-state index is 12.3. The number of ketones is 1. The second-order valence-corrected chi connectivity index (χ2v) is 6.13. The van der Waals surface area contributed by atoms with Gasteiger partial charge in [-0.1, -0.05) is 36.4 Å². The van der Waals surface area contributed by atoms with Crippen LogP contribution in [0, 0.1) is 0 Å². The number of aryl methyl sites for hydroxylation is 1. The zero-order valence-corrected chi connectivity index (χ0v) is 13.4. The third kappa shape index (κ3) is 3.67. The summed E-state index contributed by atoms with van der Waals surface area (Å²) in [5.41, 5.74) is 5.19. The van der Waals surface area contributed by atoms with Gasteiger partial charge in [0.15, 0.2) is 5.78 Å². The van der Waals surface area contributed by atoms with E-state index in [1.165, 1.54) is 24.0 Å². The molecule has 23 heavy (non-hydrogen) atoms. The molecule has 2 aromatic rings. The molecule has 0 aromatic heterocycles. The van der Waals surface area contributed by atoms with Crippen molar-refractivity contribution >= 4 is 17.4 Å². The maximum Gasteiger partial charge on any atom is 0.228 e. The lowest BCUT2D eigenvalue weighted by Crippen LogP contribution is -2.17. The molecular weight excluding hydrogens is 286 g/mol. The van der Waals surface area contributed by atoms with Crippen LogP contribution in [0.15, 0.2) is 42.5 Å². The molecule has 1 amide bonds. The van der Waals surface area contributed by atoms with Gasteiger partial charge in [0.1, 0.15) is 0 Å². The molecule has 118 valence electrons. The quantitative estimate of drug-likeness (QED) is 0.869. The van der Waals surface area contributed by atoms with Crippen LogP contribution >= 0.6 is 0 Å². The van der Waals surface area contributed by atoms with Gasteiger partial charge in [-0.05, 0) is 55.4 Å². The highest BCUT2D eigenvalue weighted by atomic mass is 16.1. The van der Waals surface area contributed by atoms with Crippen LogP contribution < -0.4 is 5.32 Å². The van der Waals surface area contributed by atoms with Crippen molar-refractivity contribution in [1.29, 1.82) is 0 Å². The molecule has 0 fully saturated rings. The zero-order chi connectivity index (χ0) is 16.2. The van der Waals surface area contributed by atoms with E-state index in [1.54, 1.807) is 19.1 Å². The number of carbonyl (C=O) groups excluding carboxylic acids is 2. The first-order valence-electron chi connectivity index (χ1n) is 8.14. The summed E-state index contributed by atoms with van der Waals surface area (Å²) in [6.45, 7) is 1.54. The van der Waals surface area contributed by atoms with Crippen LogP contribution in [0.4, 0.5) is 5.69 Å². The first-order valence-corrected chi connectivity index (χ1v) is 8.14. The first-order chi connectivity index (χ1) is 11.1. The second kappa shape index (κ2) is 6.78. The number of fused-ring (bicyclic) bond motifs is 1. The van der Waals surface area contributed by atoms with Crippen LogP contribution in [0.25, 0.3) is 0 Å². The number of anilines is 1. The molecule has 0 saturated carbocycles. The van der Waals surface area contributed by atoms with Crippen LogP contribution in [-0.2, 0) is 24.1 Å². The monoisotopic (exact) mass is 307 g/mol. The van der Waals surface area contributed by atoms with Crippen molar-refractivity contribution in [3.05, 3.63) is 64.7 Å². The number of nitrogens with one attached hydrogen (secondary N) is 1. The van der Waals surface area contributed by atoms with Gasteiger partial charge in [-0.2, -0.15) is 0 Å². The second-order valence-electron chi connectivity index (χ2n) is 6.13. The van der Waals surface area contributed by atoms with Crippen molar-refractivity contribution in [3.63, 3.8) is 0 Å². The summed E-state index contributed by atoms with van der Waals surface area (Å²) in [5.74, 6) is 0.0245. The van der Waals surface area contributed by atoms with Crippen molar-refractivity contribution in [2.45, 2.75) is 39.0 Å². The third-order valence-corrected chi connectivity index (χ3v) is 4.40. The normalized spacial score (nSPS) is 13.3. The number of amides is 1. The van der Waals surface area contributed by atoms with Crippen molar-refractivity contribution in [1.82, 2.24) is 0 Å². The topological polar surface area (TPSA) is 46.2 Å². The molecular formula is C20H21NO2. The summed E-state index contributed by atoms with van der Waals surface area (Å²) in [5, 5.41) is 3.05. The number of hydrogen-bond acceptors (Lipinski definition) is 2. The minimum absolute atomic E-state index is 0.0143. The van der Waals surface area contributed by atoms with Crippen molar-refractivity contribution in [2.75, 3.05) is 5.32 Å². The molecule has 3 nitrogen and oxygen atoms in total. The molecule has 1 aliphatic carbocycles. The fourth-order valence-corrected chi connectivity index (χ4v) is 3.14. The summed E-state index contributed by atoms with van der Waals surface area (Å²) < 4.78 is 0. The smallest absolute Gasteiger partial charge is 0.228 e. The molecule has 0 heterocycles. The lowest BCUT2D eigenvalue weighted by atomic mass is 9.90. The standard InChI is InChI=1S/C20H21NO2/c1-14(22)16-11-9-15(10-12-16)13-20(23)21-19-8-4-6-17-5-2-3-7-18(17)19/h4,6,8-12H,2-3,5,7,13H2,1H3,(H,21,23). The third-order valence-electron chi connectivity index (χ3n) is 4.40. The molecule has 3 heteroatoms. The van der Waals surface area contributed by atoms with E-state index in [4.69, 9.17) is 0 Å². The number of hydrogen-bond donors (Lipinski definition) is 1. The fourth-order valence-electron chi connectivity index (χ4n) is 3.14. The van der Waals surface area contributed by atoms with E-state index in [-0.39, 0.29) is 11.7 Å². The van der Waals surface area contributed by atoms with Crippen LogP contribution in [-0.4, -0.2) is 11.7 Å². The van der Waals surface area contributed by atoms with Gasteiger partial charge in [0.05, 0.1) is 6.42 Å². The van der Waals surface area contributed by atoms with Gasteiger partial charge >= 0.3 is 0 Å². The van der Waals surface area contributed by atoms with E-state index in [0.29, 0.717) is 12.0 Å². The van der Waals surface area contributed by atoms with Gasteiger partial charge in [-0.3, -0.25) is 9.59 Å². The Morgan fingerprint density at radius 1 is 1.00 bits per heavy atom. The Balaban J connectivity index is 1.69. The Morgan fingerprint density at radius 3 is 2.48 bits per heavy atom. The largest absolute Gasteiger partial charge is 0.326 e. The number of rotatable bonds is 4. The fraction of sp³-hybridized carbons (Fsp3) is 0.300. The average molecular weight is 307 g/mol. The maximum absolute atomic E-state index is 12.3. The minimum Gasteiger partial charge on any atom is -0.326 e. The number of Topliss-reactive ketones (excluding diaryl/α,β-unsaturated/α-hetero) is 1. The van der Waals surface area contributed by atoms with Gasteiger partial charge in [-0.15, -0.1) is 0 Å². The van der Waals surface area contributed by atoms with Gasteiger partial charge < -0.3 is 5.32 Å². The number of carbonyl (C=O) groups is 2. The predicted octanol–water partition coefficient (Wildman–Crippen LogP) is 3.95. The molecule has 0 aliphatic heterocycles. The van der Waals surface area contributed by atoms with Crippen LogP contribution in [0.1, 0.15) is 46.8 Å². The van der Waals surface area contributed by atoms with E-state index in [1.807, 2.05) is 24.3 Å². The summed E-state index contributed by atoms with van der Waals surface area (Å²) in [4.78, 5) is 23.6. The summed E-state index contributed by atoms with van der Waals surface area (Å²) in [6.07, 6.45) is 4.88. The van der Waals surface area contributed by atoms with Gasteiger partial charge in [0.2, 0.25) is 5.91 Å². The van der Waals surface area contributed by atoms with E-state index in [0.717, 1.165) is 24.1 Å². The Bertz CT molecular complexity index is 732. The molecule has 0 unspecified atom stereocenters. The molecule has 0 spiro atoms. The van der Waals surface area contributed by atoms with E-state index in [9.17, 15) is 9.59 Å². The van der Waals surface area contributed by atoms with E-state index in [2.05, 4.69) is 11.4 Å². The Kier molecular flexibility index (Phi) is 4.56. The van der Waals surface area contributed by atoms with Crippen LogP contribution in [0.5, 0.6) is 0 Å². The summed E-state index contributed by atoms with van der Waals surface area (Å²) in [6, 6.07) is 13.4. The minimum atomic E-state index is -0.0143. The lowest BCUT2D eigenvalue weighted by Gasteiger charge is -2.19. The highest BCUT2D eigenvalue weighted by Gasteiger charge is 2.14. The highest BCUT2D eigenvalue weighted by Crippen LogP contribution is 2.27. The molecule has 1 N–H and O–H groups in total. The molecule has 2 aromatic carbocycles. The van der Waals surface area contributed by atoms with Gasteiger partial charge in [0, 0.05) is 11.3 Å². The lowest BCUT2D eigenvalue weighted by molar-refractivity contribution is -0.115. The molecule has 1 aliphatic rings. The Morgan fingerprint density at radius 2 is 1.74 bits per heavy atom. The van der Waals surface area contributed by atoms with Gasteiger partial charge in [-0.25, -0.2) is 0 Å². The molecule has 0 saturated heterocycles. The van der Waals surface area contributed by atoms with Crippen molar-refractivity contribution in [2.24, 2.45) is 0 Å². The molecule has 0 atom stereocenters. The molecule has 3 rings (SSSR count). The SMILES string of the molecule is CC(=O)c1ccc(CC(=O)Nc2cccc3c2CCCC3)cc1. The van der Waals surface area contributed by atoms with Crippen molar-refractivity contribution < 1.29 is 9.59 Å². The first kappa shape index (κ1) is 15.5. The summed E-state index contributed by atoms with van der Waals surface area (Å²) in [7, 11) is 0. The highest BCUT2D eigenvalue weighted by molar-refractivity contribution is 5.95. The molecule has 0 radical (unpaired) electrons. The van der Waals surface area contributed by atoms with Crippen molar-refractivity contribution in [3.8, 4) is 0 Å². The van der Waals surface area contributed by atoms with Crippen LogP contribution in [0.2, 0.25) is 0 Å². The predicted molar refractivity (Wildman–Crippen MR) is 91.9 cm³/mol. The summed E-state index contributed by atoms with van der Waals surface area (Å²) >= 11 is 0. The van der Waals surface area contributed by atoms with E-state index >= 15 is 0 Å². The average Bonchev–Trinajstić information content (AvgIpc) is 2.55.